The van der Waals surface area contributed by atoms with Crippen molar-refractivity contribution in [2.24, 2.45) is 0 Å². The Balaban J connectivity index is 1.79. The molecule has 0 amide bonds. The summed E-state index contributed by atoms with van der Waals surface area (Å²) < 4.78 is 0. The van der Waals surface area contributed by atoms with E-state index in [9.17, 15) is 0 Å². The van der Waals surface area contributed by atoms with Gasteiger partial charge in [-0.25, -0.2) is 9.97 Å². The Morgan fingerprint density at radius 2 is 1.76 bits per heavy atom. The van der Waals surface area contributed by atoms with E-state index in [-0.39, 0.29) is 0 Å². The molecule has 0 spiro atoms. The molecule has 1 aromatic carbocycles. The van der Waals surface area contributed by atoms with Gasteiger partial charge in [0.1, 0.15) is 5.82 Å². The Morgan fingerprint density at radius 3 is 2.52 bits per heavy atom. The number of fused-ring (bicyclic) bond motifs is 1. The van der Waals surface area contributed by atoms with Crippen molar-refractivity contribution in [3.8, 4) is 0 Å². The van der Waals surface area contributed by atoms with Crippen LogP contribution in [0.5, 0.6) is 0 Å². The maximum absolute atomic E-state index is 4.58. The Labute approximate surface area is 147 Å². The molecular weight excluding hydrogens is 314 g/mol. The molecule has 0 aliphatic heterocycles. The summed E-state index contributed by atoms with van der Waals surface area (Å²) in [7, 11) is 4.09. The van der Waals surface area contributed by atoms with Crippen LogP contribution in [-0.2, 0) is 0 Å². The molecule has 3 aromatic rings. The molecule has 0 saturated carbocycles. The zero-order valence-corrected chi connectivity index (χ0v) is 15.4. The molecule has 0 saturated heterocycles. The van der Waals surface area contributed by atoms with Gasteiger partial charge in [-0.05, 0) is 58.1 Å². The summed E-state index contributed by atoms with van der Waals surface area (Å²) in [6.45, 7) is 7.90. The molecule has 0 unspecified atom stereocenters. The van der Waals surface area contributed by atoms with Gasteiger partial charge in [0.05, 0.1) is 11.0 Å². The number of aromatic nitrogens is 4. The third-order valence-electron chi connectivity index (χ3n) is 4.05. The fraction of sp³-hybridized carbons (Fsp3) is 0.389. The van der Waals surface area contributed by atoms with Crippen molar-refractivity contribution in [3.05, 3.63) is 35.0 Å². The van der Waals surface area contributed by atoms with Crippen molar-refractivity contribution < 1.29 is 0 Å². The summed E-state index contributed by atoms with van der Waals surface area (Å²) >= 11 is 0. The lowest BCUT2D eigenvalue weighted by atomic mass is 10.1. The molecular formula is C18H25N7. The van der Waals surface area contributed by atoms with E-state index in [0.717, 1.165) is 35.6 Å². The second kappa shape index (κ2) is 7.06. The summed E-state index contributed by atoms with van der Waals surface area (Å²) in [6.07, 6.45) is 0. The minimum absolute atomic E-state index is 0.528. The van der Waals surface area contributed by atoms with E-state index in [1.165, 1.54) is 11.1 Å². The van der Waals surface area contributed by atoms with E-state index in [2.05, 4.69) is 61.4 Å². The highest BCUT2D eigenvalue weighted by atomic mass is 15.2. The highest BCUT2D eigenvalue weighted by Crippen LogP contribution is 2.21. The van der Waals surface area contributed by atoms with Crippen LogP contribution in [0, 0.1) is 20.8 Å². The minimum Gasteiger partial charge on any atom is -0.369 e. The predicted molar refractivity (Wildman–Crippen MR) is 103 cm³/mol. The SMILES string of the molecule is Cc1cc(NCCN(C)C)nc(Nc2nc3cc(C)c(C)cc3[nH]2)n1. The zero-order chi connectivity index (χ0) is 18.0. The molecule has 0 aliphatic rings. The number of aryl methyl sites for hydroxylation is 3. The molecule has 0 atom stereocenters. The van der Waals surface area contributed by atoms with E-state index in [0.29, 0.717) is 11.9 Å². The number of H-pyrrole nitrogens is 1. The van der Waals surface area contributed by atoms with E-state index >= 15 is 0 Å². The summed E-state index contributed by atoms with van der Waals surface area (Å²) in [6, 6.07) is 6.12. The van der Waals surface area contributed by atoms with Gasteiger partial charge in [0.2, 0.25) is 11.9 Å². The molecule has 3 rings (SSSR count). The quantitative estimate of drug-likeness (QED) is 0.640. The maximum Gasteiger partial charge on any atom is 0.231 e. The van der Waals surface area contributed by atoms with Crippen LogP contribution in [0.2, 0.25) is 0 Å². The molecule has 7 heteroatoms. The molecule has 0 bridgehead atoms. The number of rotatable bonds is 6. The summed E-state index contributed by atoms with van der Waals surface area (Å²) in [5, 5.41) is 6.49. The number of imidazole rings is 1. The smallest absolute Gasteiger partial charge is 0.231 e. The first-order valence-corrected chi connectivity index (χ1v) is 8.39. The second-order valence-electron chi connectivity index (χ2n) is 6.61. The van der Waals surface area contributed by atoms with Gasteiger partial charge in [-0.15, -0.1) is 0 Å². The molecule has 25 heavy (non-hydrogen) atoms. The normalized spacial score (nSPS) is 11.3. The van der Waals surface area contributed by atoms with E-state index in [1.807, 2.05) is 27.1 Å². The van der Waals surface area contributed by atoms with Crippen molar-refractivity contribution in [2.45, 2.75) is 20.8 Å². The van der Waals surface area contributed by atoms with Crippen molar-refractivity contribution in [1.29, 1.82) is 0 Å². The lowest BCUT2D eigenvalue weighted by molar-refractivity contribution is 0.425. The van der Waals surface area contributed by atoms with Crippen LogP contribution in [0.3, 0.4) is 0 Å². The van der Waals surface area contributed by atoms with Crippen molar-refractivity contribution >= 4 is 28.7 Å². The molecule has 2 aromatic heterocycles. The lowest BCUT2D eigenvalue weighted by Crippen LogP contribution is -2.21. The van der Waals surface area contributed by atoms with Crippen molar-refractivity contribution in [2.75, 3.05) is 37.8 Å². The van der Waals surface area contributed by atoms with Crippen LogP contribution in [-0.4, -0.2) is 52.0 Å². The molecule has 7 nitrogen and oxygen atoms in total. The van der Waals surface area contributed by atoms with Gasteiger partial charge in [0.25, 0.3) is 0 Å². The van der Waals surface area contributed by atoms with E-state index in [4.69, 9.17) is 0 Å². The number of nitrogens with zero attached hydrogens (tertiary/aromatic N) is 4. The monoisotopic (exact) mass is 339 g/mol. The first-order chi connectivity index (χ1) is 11.9. The Kier molecular flexibility index (Phi) is 4.85. The standard InChI is InChI=1S/C18H25N7/c1-11-8-14-15(9-12(11)2)22-18(21-14)24-17-20-13(3)10-16(23-17)19-6-7-25(4)5/h8-10H,6-7H2,1-5H3,(H3,19,20,21,22,23,24). The largest absolute Gasteiger partial charge is 0.369 e. The molecule has 3 N–H and O–H groups in total. The predicted octanol–water partition coefficient (Wildman–Crippen LogP) is 3.00. The van der Waals surface area contributed by atoms with Gasteiger partial charge < -0.3 is 15.2 Å². The molecule has 2 heterocycles. The van der Waals surface area contributed by atoms with Crippen molar-refractivity contribution in [1.82, 2.24) is 24.8 Å². The van der Waals surface area contributed by atoms with Crippen LogP contribution >= 0.6 is 0 Å². The van der Waals surface area contributed by atoms with Crippen LogP contribution < -0.4 is 10.6 Å². The minimum atomic E-state index is 0.528. The van der Waals surface area contributed by atoms with Gasteiger partial charge in [0.15, 0.2) is 0 Å². The lowest BCUT2D eigenvalue weighted by Gasteiger charge is -2.12. The topological polar surface area (TPSA) is 81.8 Å². The summed E-state index contributed by atoms with van der Waals surface area (Å²) in [5.41, 5.74) is 5.30. The van der Waals surface area contributed by atoms with Crippen LogP contribution in [0.1, 0.15) is 16.8 Å². The Morgan fingerprint density at radius 1 is 1.00 bits per heavy atom. The van der Waals surface area contributed by atoms with Gasteiger partial charge in [-0.3, -0.25) is 5.32 Å². The first-order valence-electron chi connectivity index (χ1n) is 8.39. The third kappa shape index (κ3) is 4.24. The Hall–Kier alpha value is -2.67. The second-order valence-corrected chi connectivity index (χ2v) is 6.61. The molecule has 0 radical (unpaired) electrons. The number of hydrogen-bond acceptors (Lipinski definition) is 6. The number of anilines is 3. The maximum atomic E-state index is 4.58. The number of hydrogen-bond donors (Lipinski definition) is 3. The summed E-state index contributed by atoms with van der Waals surface area (Å²) in [5.74, 6) is 1.98. The molecule has 0 fully saturated rings. The van der Waals surface area contributed by atoms with Crippen molar-refractivity contribution in [3.63, 3.8) is 0 Å². The fourth-order valence-electron chi connectivity index (χ4n) is 2.56. The Bertz CT molecular complexity index is 844. The molecule has 132 valence electrons. The van der Waals surface area contributed by atoms with Gasteiger partial charge >= 0.3 is 0 Å². The number of aromatic amines is 1. The number of benzene rings is 1. The van der Waals surface area contributed by atoms with Crippen LogP contribution in [0.15, 0.2) is 18.2 Å². The van der Waals surface area contributed by atoms with E-state index in [1.54, 1.807) is 0 Å². The van der Waals surface area contributed by atoms with Crippen LogP contribution in [0.4, 0.5) is 17.7 Å². The van der Waals surface area contributed by atoms with E-state index < -0.39 is 0 Å². The highest BCUT2D eigenvalue weighted by molar-refractivity contribution is 5.79. The highest BCUT2D eigenvalue weighted by Gasteiger charge is 2.08. The first kappa shape index (κ1) is 17.2. The van der Waals surface area contributed by atoms with Gasteiger partial charge in [-0.2, -0.15) is 4.98 Å². The average molecular weight is 339 g/mol. The van der Waals surface area contributed by atoms with Gasteiger partial charge in [-0.1, -0.05) is 0 Å². The third-order valence-corrected chi connectivity index (χ3v) is 4.05. The van der Waals surface area contributed by atoms with Gasteiger partial charge in [0, 0.05) is 24.8 Å². The zero-order valence-electron chi connectivity index (χ0n) is 15.4. The average Bonchev–Trinajstić information content (AvgIpc) is 2.87. The number of likely N-dealkylation sites (N-methyl/N-ethyl adjacent to an activating group) is 1. The fourth-order valence-corrected chi connectivity index (χ4v) is 2.56. The number of nitrogens with one attached hydrogen (secondary N) is 3. The van der Waals surface area contributed by atoms with Crippen LogP contribution in [0.25, 0.3) is 11.0 Å². The molecule has 0 aliphatic carbocycles. The summed E-state index contributed by atoms with van der Waals surface area (Å²) in [4.78, 5) is 18.9.